The molecular formula is C21H28F3N5O2S. The van der Waals surface area contributed by atoms with Crippen LogP contribution in [-0.4, -0.2) is 48.4 Å². The third kappa shape index (κ3) is 4.98. The molecule has 1 aromatic heterocycles. The Hall–Kier alpha value is -2.01. The van der Waals surface area contributed by atoms with Crippen molar-refractivity contribution in [2.75, 3.05) is 19.3 Å². The number of alkyl halides is 3. The van der Waals surface area contributed by atoms with E-state index in [0.717, 1.165) is 57.0 Å². The number of aromatic nitrogens is 4. The van der Waals surface area contributed by atoms with Crippen LogP contribution in [-0.2, 0) is 16.0 Å². The number of sulfone groups is 1. The SMILES string of the molecule is CS(=O)(=O)c1c(C(F)(F)F)ccc(C2CCC(CC3CCNCC3)CC2)c1-c1nn[nH]n1. The van der Waals surface area contributed by atoms with Crippen LogP contribution < -0.4 is 5.32 Å². The Bertz CT molecular complexity index is 1030. The number of nitrogens with one attached hydrogen (secondary N) is 2. The molecule has 2 heterocycles. The summed E-state index contributed by atoms with van der Waals surface area (Å²) >= 11 is 0. The van der Waals surface area contributed by atoms with Gasteiger partial charge in [0.15, 0.2) is 9.84 Å². The minimum atomic E-state index is -4.82. The summed E-state index contributed by atoms with van der Waals surface area (Å²) in [7, 11) is -4.21. The molecular weight excluding hydrogens is 443 g/mol. The molecule has 176 valence electrons. The maximum atomic E-state index is 13.7. The van der Waals surface area contributed by atoms with Crippen molar-refractivity contribution in [3.8, 4) is 11.4 Å². The quantitative estimate of drug-likeness (QED) is 0.685. The summed E-state index contributed by atoms with van der Waals surface area (Å²) < 4.78 is 66.2. The summed E-state index contributed by atoms with van der Waals surface area (Å²) in [6.45, 7) is 2.13. The van der Waals surface area contributed by atoms with Gasteiger partial charge in [-0.3, -0.25) is 0 Å². The van der Waals surface area contributed by atoms with Crippen LogP contribution in [0.1, 0.15) is 62.0 Å². The number of tetrazole rings is 1. The van der Waals surface area contributed by atoms with E-state index in [-0.39, 0.29) is 17.3 Å². The van der Waals surface area contributed by atoms with Gasteiger partial charge in [-0.2, -0.15) is 18.4 Å². The Labute approximate surface area is 185 Å². The van der Waals surface area contributed by atoms with Gasteiger partial charge in [0.05, 0.1) is 10.5 Å². The molecule has 1 aliphatic carbocycles. The molecule has 0 unspecified atom stereocenters. The molecule has 4 rings (SSSR count). The third-order valence-electron chi connectivity index (χ3n) is 6.85. The van der Waals surface area contributed by atoms with Crippen LogP contribution in [0.5, 0.6) is 0 Å². The van der Waals surface area contributed by atoms with Crippen LogP contribution in [0, 0.1) is 11.8 Å². The highest BCUT2D eigenvalue weighted by Gasteiger charge is 2.40. The van der Waals surface area contributed by atoms with Crippen LogP contribution in [0.2, 0.25) is 0 Å². The van der Waals surface area contributed by atoms with Gasteiger partial charge in [-0.05, 0) is 92.6 Å². The second-order valence-corrected chi connectivity index (χ2v) is 11.0. The smallest absolute Gasteiger partial charge is 0.317 e. The van der Waals surface area contributed by atoms with Crippen molar-refractivity contribution >= 4 is 9.84 Å². The molecule has 1 saturated carbocycles. The number of piperidine rings is 1. The van der Waals surface area contributed by atoms with Crippen molar-refractivity contribution in [2.24, 2.45) is 11.8 Å². The standard InChI is InChI=1S/C21H28F3N5O2S/c1-32(30,31)19-17(21(22,23)24)7-6-16(18(19)20-26-28-29-27-20)15-4-2-13(3-5-15)12-14-8-10-25-11-9-14/h6-7,13-15,25H,2-5,8-12H2,1H3,(H,26,27,28,29). The van der Waals surface area contributed by atoms with E-state index in [1.807, 2.05) is 0 Å². The van der Waals surface area contributed by atoms with Gasteiger partial charge >= 0.3 is 6.18 Å². The van der Waals surface area contributed by atoms with Crippen molar-refractivity contribution in [2.45, 2.75) is 61.9 Å². The van der Waals surface area contributed by atoms with Gasteiger partial charge in [-0.1, -0.05) is 6.07 Å². The second kappa shape index (κ2) is 9.09. The van der Waals surface area contributed by atoms with Crippen LogP contribution in [0.4, 0.5) is 13.2 Å². The first-order valence-corrected chi connectivity index (χ1v) is 12.9. The predicted molar refractivity (Wildman–Crippen MR) is 113 cm³/mol. The molecule has 1 aliphatic heterocycles. The Balaban J connectivity index is 1.66. The Morgan fingerprint density at radius 3 is 2.25 bits per heavy atom. The summed E-state index contributed by atoms with van der Waals surface area (Å²) in [6, 6.07) is 2.29. The molecule has 0 atom stereocenters. The number of benzene rings is 1. The average Bonchev–Trinajstić information content (AvgIpc) is 3.27. The minimum absolute atomic E-state index is 0.0458. The lowest BCUT2D eigenvalue weighted by molar-refractivity contribution is -0.139. The Morgan fingerprint density at radius 2 is 1.69 bits per heavy atom. The number of halogens is 3. The number of hydrogen-bond donors (Lipinski definition) is 2. The fourth-order valence-electron chi connectivity index (χ4n) is 5.34. The number of nitrogens with zero attached hydrogens (tertiary/aromatic N) is 3. The molecule has 2 aromatic rings. The first-order chi connectivity index (χ1) is 15.1. The van der Waals surface area contributed by atoms with Crippen molar-refractivity contribution < 1.29 is 21.6 Å². The number of hydrogen-bond acceptors (Lipinski definition) is 6. The van der Waals surface area contributed by atoms with Crippen LogP contribution in [0.3, 0.4) is 0 Å². The van der Waals surface area contributed by atoms with Crippen LogP contribution in [0.25, 0.3) is 11.4 Å². The summed E-state index contributed by atoms with van der Waals surface area (Å²) in [6.07, 6.45) is 3.11. The van der Waals surface area contributed by atoms with Crippen molar-refractivity contribution in [1.29, 1.82) is 0 Å². The zero-order valence-corrected chi connectivity index (χ0v) is 18.8. The lowest BCUT2D eigenvalue weighted by Crippen LogP contribution is -2.29. The molecule has 0 radical (unpaired) electrons. The summed E-state index contributed by atoms with van der Waals surface area (Å²) in [5.41, 5.74) is -0.707. The number of H-pyrrole nitrogens is 1. The van der Waals surface area contributed by atoms with Gasteiger partial charge in [0, 0.05) is 11.8 Å². The Morgan fingerprint density at radius 1 is 1.03 bits per heavy atom. The molecule has 2 fully saturated rings. The average molecular weight is 472 g/mol. The van der Waals surface area contributed by atoms with Gasteiger partial charge in [0.1, 0.15) is 0 Å². The maximum absolute atomic E-state index is 13.7. The van der Waals surface area contributed by atoms with E-state index in [1.54, 1.807) is 0 Å². The van der Waals surface area contributed by atoms with Crippen LogP contribution in [0.15, 0.2) is 17.0 Å². The van der Waals surface area contributed by atoms with E-state index in [2.05, 4.69) is 25.9 Å². The highest BCUT2D eigenvalue weighted by Crippen LogP contribution is 2.46. The van der Waals surface area contributed by atoms with Gasteiger partial charge in [-0.15, -0.1) is 10.2 Å². The fourth-order valence-corrected chi connectivity index (χ4v) is 6.51. The highest BCUT2D eigenvalue weighted by molar-refractivity contribution is 7.91. The third-order valence-corrected chi connectivity index (χ3v) is 8.01. The molecule has 2 N–H and O–H groups in total. The lowest BCUT2D eigenvalue weighted by Gasteiger charge is -2.33. The van der Waals surface area contributed by atoms with E-state index in [4.69, 9.17) is 0 Å². The molecule has 0 bridgehead atoms. The fraction of sp³-hybridized carbons (Fsp3) is 0.667. The largest absolute Gasteiger partial charge is 0.417 e. The molecule has 0 amide bonds. The number of rotatable bonds is 5. The van der Waals surface area contributed by atoms with Gasteiger partial charge in [-0.25, -0.2) is 8.42 Å². The first kappa shape index (κ1) is 23.2. The number of aromatic amines is 1. The zero-order chi connectivity index (χ0) is 22.9. The van der Waals surface area contributed by atoms with E-state index < -0.39 is 26.5 Å². The molecule has 32 heavy (non-hydrogen) atoms. The van der Waals surface area contributed by atoms with Crippen molar-refractivity contribution in [1.82, 2.24) is 25.9 Å². The zero-order valence-electron chi connectivity index (χ0n) is 18.0. The van der Waals surface area contributed by atoms with Gasteiger partial charge in [0.25, 0.3) is 0 Å². The molecule has 2 aliphatic rings. The lowest BCUT2D eigenvalue weighted by atomic mass is 9.73. The van der Waals surface area contributed by atoms with Gasteiger partial charge in [0.2, 0.25) is 5.82 Å². The minimum Gasteiger partial charge on any atom is -0.317 e. The van der Waals surface area contributed by atoms with Crippen molar-refractivity contribution in [3.05, 3.63) is 23.3 Å². The molecule has 7 nitrogen and oxygen atoms in total. The van der Waals surface area contributed by atoms with Crippen molar-refractivity contribution in [3.63, 3.8) is 0 Å². The van der Waals surface area contributed by atoms with E-state index in [9.17, 15) is 21.6 Å². The van der Waals surface area contributed by atoms with E-state index in [1.165, 1.54) is 25.3 Å². The molecule has 11 heteroatoms. The molecule has 0 spiro atoms. The summed E-state index contributed by atoms with van der Waals surface area (Å²) in [4.78, 5) is -0.763. The summed E-state index contributed by atoms with van der Waals surface area (Å²) in [5, 5.41) is 16.8. The predicted octanol–water partition coefficient (Wildman–Crippen LogP) is 3.95. The van der Waals surface area contributed by atoms with Gasteiger partial charge < -0.3 is 5.32 Å². The second-order valence-electron chi connectivity index (χ2n) is 9.06. The normalized spacial score (nSPS) is 23.4. The summed E-state index contributed by atoms with van der Waals surface area (Å²) in [5.74, 6) is 1.17. The monoisotopic (exact) mass is 471 g/mol. The van der Waals surface area contributed by atoms with E-state index >= 15 is 0 Å². The molecule has 1 saturated heterocycles. The maximum Gasteiger partial charge on any atom is 0.417 e. The Kier molecular flexibility index (Phi) is 6.58. The topological polar surface area (TPSA) is 101 Å². The molecule has 1 aromatic carbocycles. The van der Waals surface area contributed by atoms with E-state index in [0.29, 0.717) is 11.5 Å². The first-order valence-electron chi connectivity index (χ1n) is 11.0. The van der Waals surface area contributed by atoms with Crippen LogP contribution >= 0.6 is 0 Å². The highest BCUT2D eigenvalue weighted by atomic mass is 32.2.